The van der Waals surface area contributed by atoms with E-state index >= 15 is 0 Å². The lowest BCUT2D eigenvalue weighted by Gasteiger charge is -2.32. The molecule has 0 fully saturated rings. The third kappa shape index (κ3) is 9.89. The Labute approximate surface area is 226 Å². The highest BCUT2D eigenvalue weighted by atomic mass is 35.5. The summed E-state index contributed by atoms with van der Waals surface area (Å²) in [4.78, 5) is 27.8. The molecule has 0 saturated heterocycles. The van der Waals surface area contributed by atoms with Crippen LogP contribution in [0.1, 0.15) is 53.0 Å². The van der Waals surface area contributed by atoms with Crippen LogP contribution in [0.2, 0.25) is 5.02 Å². The van der Waals surface area contributed by atoms with Gasteiger partial charge in [0.15, 0.2) is 0 Å². The first-order chi connectivity index (χ1) is 17.2. The molecule has 8 nitrogen and oxygen atoms in total. The van der Waals surface area contributed by atoms with E-state index in [4.69, 9.17) is 16.3 Å². The molecule has 0 saturated carbocycles. The standard InChI is InChI=1S/C27H38ClN3O5S/c1-7-36-24-15-13-23(14-16-24)31(37(6,34)35)17-9-12-25(32)30(19-21-10-8-11-22(28)18-21)20(2)26(33)29-27(3,4)5/h8,10-11,13-16,18,20H,7,9,12,17,19H2,1-6H3,(H,29,33)/t20-/m1/s1. The second-order valence-electron chi connectivity index (χ2n) is 9.93. The summed E-state index contributed by atoms with van der Waals surface area (Å²) >= 11 is 6.13. The first-order valence-corrected chi connectivity index (χ1v) is 14.5. The number of hydrogen-bond acceptors (Lipinski definition) is 5. The Balaban J connectivity index is 2.18. The molecule has 2 aromatic carbocycles. The molecule has 1 atom stereocenters. The molecule has 0 radical (unpaired) electrons. The predicted octanol–water partition coefficient (Wildman–Crippen LogP) is 4.62. The van der Waals surface area contributed by atoms with E-state index in [1.807, 2.05) is 33.8 Å². The maximum atomic E-state index is 13.4. The zero-order valence-electron chi connectivity index (χ0n) is 22.5. The van der Waals surface area contributed by atoms with Crippen LogP contribution in [0.3, 0.4) is 0 Å². The van der Waals surface area contributed by atoms with Crippen molar-refractivity contribution >= 4 is 39.1 Å². The summed E-state index contributed by atoms with van der Waals surface area (Å²) in [5.41, 5.74) is 0.833. The van der Waals surface area contributed by atoms with Crippen LogP contribution in [0.4, 0.5) is 5.69 Å². The second-order valence-corrected chi connectivity index (χ2v) is 12.3. The Morgan fingerprint density at radius 3 is 2.30 bits per heavy atom. The third-order valence-electron chi connectivity index (χ3n) is 5.50. The fourth-order valence-corrected chi connectivity index (χ4v) is 4.95. The van der Waals surface area contributed by atoms with Gasteiger partial charge in [-0.05, 0) is 83.0 Å². The summed E-state index contributed by atoms with van der Waals surface area (Å²) in [5.74, 6) is 0.126. The van der Waals surface area contributed by atoms with E-state index in [1.54, 1.807) is 49.4 Å². The Morgan fingerprint density at radius 2 is 1.76 bits per heavy atom. The Morgan fingerprint density at radius 1 is 1.11 bits per heavy atom. The largest absolute Gasteiger partial charge is 0.494 e. The number of sulfonamides is 1. The number of halogens is 1. The zero-order valence-corrected chi connectivity index (χ0v) is 24.0. The quantitative estimate of drug-likeness (QED) is 0.415. The minimum Gasteiger partial charge on any atom is -0.494 e. The Hall–Kier alpha value is -2.78. The van der Waals surface area contributed by atoms with Crippen LogP contribution in [-0.2, 0) is 26.2 Å². The van der Waals surface area contributed by atoms with Gasteiger partial charge in [-0.1, -0.05) is 23.7 Å². The minimum absolute atomic E-state index is 0.0662. The van der Waals surface area contributed by atoms with Crippen LogP contribution in [-0.4, -0.2) is 56.1 Å². The van der Waals surface area contributed by atoms with Crippen LogP contribution in [0, 0.1) is 0 Å². The smallest absolute Gasteiger partial charge is 0.242 e. The number of ether oxygens (including phenoxy) is 1. The summed E-state index contributed by atoms with van der Waals surface area (Å²) in [7, 11) is -3.58. The van der Waals surface area contributed by atoms with Gasteiger partial charge in [-0.25, -0.2) is 8.42 Å². The fourth-order valence-electron chi connectivity index (χ4n) is 3.77. The summed E-state index contributed by atoms with van der Waals surface area (Å²) in [6.45, 7) is 10.0. The van der Waals surface area contributed by atoms with E-state index in [0.29, 0.717) is 23.1 Å². The van der Waals surface area contributed by atoms with Gasteiger partial charge in [-0.3, -0.25) is 13.9 Å². The summed E-state index contributed by atoms with van der Waals surface area (Å²) in [5, 5.41) is 3.46. The number of amides is 2. The van der Waals surface area contributed by atoms with E-state index in [1.165, 1.54) is 9.21 Å². The lowest BCUT2D eigenvalue weighted by atomic mass is 10.1. The fraction of sp³-hybridized carbons (Fsp3) is 0.481. The van der Waals surface area contributed by atoms with Crippen molar-refractivity contribution in [3.05, 3.63) is 59.1 Å². The average Bonchev–Trinajstić information content (AvgIpc) is 2.79. The van der Waals surface area contributed by atoms with Gasteiger partial charge in [0.1, 0.15) is 11.8 Å². The molecule has 2 amide bonds. The Kier molecular flexibility index (Phi) is 10.8. The lowest BCUT2D eigenvalue weighted by molar-refractivity contribution is -0.141. The molecule has 0 aromatic heterocycles. The molecule has 0 aliphatic heterocycles. The second kappa shape index (κ2) is 13.1. The highest BCUT2D eigenvalue weighted by Gasteiger charge is 2.28. The van der Waals surface area contributed by atoms with Crippen molar-refractivity contribution in [2.75, 3.05) is 23.7 Å². The van der Waals surface area contributed by atoms with Gasteiger partial charge < -0.3 is 15.0 Å². The normalized spacial score (nSPS) is 12.5. The van der Waals surface area contributed by atoms with Gasteiger partial charge in [-0.2, -0.15) is 0 Å². The topological polar surface area (TPSA) is 96.0 Å². The molecule has 0 aliphatic rings. The molecule has 10 heteroatoms. The third-order valence-corrected chi connectivity index (χ3v) is 6.92. The van der Waals surface area contributed by atoms with Crippen molar-refractivity contribution in [3.8, 4) is 5.75 Å². The molecule has 1 N–H and O–H groups in total. The molecular weight excluding hydrogens is 514 g/mol. The number of anilines is 1. The Bertz CT molecular complexity index is 1160. The number of carbonyl (C=O) groups is 2. The first-order valence-electron chi connectivity index (χ1n) is 12.3. The number of nitrogens with zero attached hydrogens (tertiary/aromatic N) is 2. The van der Waals surface area contributed by atoms with E-state index < -0.39 is 21.6 Å². The summed E-state index contributed by atoms with van der Waals surface area (Å²) < 4.78 is 31.7. The van der Waals surface area contributed by atoms with Crippen LogP contribution in [0.15, 0.2) is 48.5 Å². The molecule has 0 aliphatic carbocycles. The molecule has 37 heavy (non-hydrogen) atoms. The zero-order chi connectivity index (χ0) is 27.8. The molecular formula is C27H38ClN3O5S. The van der Waals surface area contributed by atoms with Crippen molar-refractivity contribution in [3.63, 3.8) is 0 Å². The van der Waals surface area contributed by atoms with Gasteiger partial charge in [0.05, 0.1) is 18.6 Å². The van der Waals surface area contributed by atoms with Gasteiger partial charge in [0.25, 0.3) is 0 Å². The molecule has 0 bridgehead atoms. The summed E-state index contributed by atoms with van der Waals surface area (Å²) in [6.07, 6.45) is 1.48. The number of carbonyl (C=O) groups excluding carboxylic acids is 2. The van der Waals surface area contributed by atoms with Crippen LogP contribution in [0.5, 0.6) is 5.75 Å². The number of hydrogen-bond donors (Lipinski definition) is 1. The van der Waals surface area contributed by atoms with Gasteiger partial charge in [-0.15, -0.1) is 0 Å². The molecule has 0 heterocycles. The van der Waals surface area contributed by atoms with Crippen LogP contribution in [0.25, 0.3) is 0 Å². The SMILES string of the molecule is CCOc1ccc(N(CCCC(=O)N(Cc2cccc(Cl)c2)[C@H](C)C(=O)NC(C)(C)C)S(C)(=O)=O)cc1. The summed E-state index contributed by atoms with van der Waals surface area (Å²) in [6, 6.07) is 13.2. The van der Waals surface area contributed by atoms with E-state index in [2.05, 4.69) is 5.32 Å². The predicted molar refractivity (Wildman–Crippen MR) is 148 cm³/mol. The number of nitrogens with one attached hydrogen (secondary N) is 1. The average molecular weight is 552 g/mol. The highest BCUT2D eigenvalue weighted by molar-refractivity contribution is 7.92. The van der Waals surface area contributed by atoms with E-state index in [9.17, 15) is 18.0 Å². The van der Waals surface area contributed by atoms with E-state index in [-0.39, 0.29) is 37.7 Å². The number of benzene rings is 2. The monoisotopic (exact) mass is 551 g/mol. The number of rotatable bonds is 12. The molecule has 0 spiro atoms. The maximum absolute atomic E-state index is 13.4. The van der Waals surface area contributed by atoms with Crippen molar-refractivity contribution in [2.45, 2.75) is 65.6 Å². The van der Waals surface area contributed by atoms with Crippen molar-refractivity contribution < 1.29 is 22.7 Å². The van der Waals surface area contributed by atoms with Crippen molar-refractivity contribution in [1.29, 1.82) is 0 Å². The highest BCUT2D eigenvalue weighted by Crippen LogP contribution is 2.23. The molecule has 2 rings (SSSR count). The van der Waals surface area contributed by atoms with Crippen molar-refractivity contribution in [1.82, 2.24) is 10.2 Å². The molecule has 2 aromatic rings. The molecule has 0 unspecified atom stereocenters. The first kappa shape index (κ1) is 30.4. The maximum Gasteiger partial charge on any atom is 0.242 e. The van der Waals surface area contributed by atoms with Gasteiger partial charge >= 0.3 is 0 Å². The van der Waals surface area contributed by atoms with Crippen LogP contribution >= 0.6 is 11.6 Å². The van der Waals surface area contributed by atoms with Crippen LogP contribution < -0.4 is 14.4 Å². The lowest BCUT2D eigenvalue weighted by Crippen LogP contribution is -2.52. The molecule has 204 valence electrons. The van der Waals surface area contributed by atoms with Gasteiger partial charge in [0.2, 0.25) is 21.8 Å². The van der Waals surface area contributed by atoms with E-state index in [0.717, 1.165) is 11.8 Å². The minimum atomic E-state index is -3.58. The van der Waals surface area contributed by atoms with Gasteiger partial charge in [0, 0.05) is 30.1 Å². The van der Waals surface area contributed by atoms with Crippen molar-refractivity contribution in [2.24, 2.45) is 0 Å².